The molecule has 3 nitrogen and oxygen atoms in total. The summed E-state index contributed by atoms with van der Waals surface area (Å²) in [5.41, 5.74) is 6.75. The molecule has 1 aliphatic carbocycles. The predicted molar refractivity (Wildman–Crippen MR) is 58.6 cm³/mol. The first-order valence-corrected chi connectivity index (χ1v) is 5.47. The first-order valence-electron chi connectivity index (χ1n) is 5.47. The summed E-state index contributed by atoms with van der Waals surface area (Å²) in [7, 11) is 0. The van der Waals surface area contributed by atoms with E-state index < -0.39 is 12.7 Å². The van der Waals surface area contributed by atoms with Crippen LogP contribution in [0.2, 0.25) is 0 Å². The van der Waals surface area contributed by atoms with Crippen LogP contribution in [0.15, 0.2) is 18.5 Å². The highest BCUT2D eigenvalue weighted by atomic mass is 19.4. The fourth-order valence-corrected chi connectivity index (χ4v) is 1.84. The van der Waals surface area contributed by atoms with Gasteiger partial charge in [-0.1, -0.05) is 0 Å². The number of nitrogens with zero attached hydrogens (tertiary/aromatic N) is 2. The molecule has 0 radical (unpaired) electrons. The van der Waals surface area contributed by atoms with Gasteiger partial charge in [0.15, 0.2) is 0 Å². The summed E-state index contributed by atoms with van der Waals surface area (Å²) in [6.07, 6.45) is 0.408. The van der Waals surface area contributed by atoms with Gasteiger partial charge < -0.3 is 10.6 Å². The Labute approximate surface area is 97.4 Å². The first kappa shape index (κ1) is 12.2. The average Bonchev–Trinajstić information content (AvgIpc) is 3.08. The summed E-state index contributed by atoms with van der Waals surface area (Å²) in [6, 6.07) is 1.65. The first-order chi connectivity index (χ1) is 8.01. The molecule has 0 saturated heterocycles. The summed E-state index contributed by atoms with van der Waals surface area (Å²) < 4.78 is 37.6. The molecule has 0 unspecified atom stereocenters. The second kappa shape index (κ2) is 4.52. The molecule has 1 aromatic rings. The summed E-state index contributed by atoms with van der Waals surface area (Å²) in [4.78, 5) is 5.26. The Hall–Kier alpha value is -1.30. The molecule has 0 aliphatic heterocycles. The van der Waals surface area contributed by atoms with Crippen molar-refractivity contribution in [3.8, 4) is 0 Å². The van der Waals surface area contributed by atoms with Gasteiger partial charge in [0.25, 0.3) is 0 Å². The summed E-state index contributed by atoms with van der Waals surface area (Å²) >= 11 is 0. The molecule has 0 aromatic carbocycles. The van der Waals surface area contributed by atoms with Gasteiger partial charge >= 0.3 is 6.18 Å². The maximum atomic E-state index is 12.5. The number of nitrogens with two attached hydrogens (primary N) is 1. The van der Waals surface area contributed by atoms with Gasteiger partial charge in [-0.25, -0.2) is 0 Å². The van der Waals surface area contributed by atoms with Gasteiger partial charge in [0.05, 0.1) is 11.9 Å². The van der Waals surface area contributed by atoms with E-state index in [0.717, 1.165) is 12.8 Å². The Kier molecular flexibility index (Phi) is 3.24. The van der Waals surface area contributed by atoms with E-state index in [4.69, 9.17) is 5.73 Å². The lowest BCUT2D eigenvalue weighted by Crippen LogP contribution is -2.36. The minimum atomic E-state index is -4.20. The second-order valence-electron chi connectivity index (χ2n) is 4.18. The highest BCUT2D eigenvalue weighted by Crippen LogP contribution is 2.35. The molecule has 1 aromatic heterocycles. The third kappa shape index (κ3) is 3.09. The minimum absolute atomic E-state index is 0.0221. The number of pyridine rings is 1. The van der Waals surface area contributed by atoms with Crippen molar-refractivity contribution in [3.63, 3.8) is 0 Å². The second-order valence-corrected chi connectivity index (χ2v) is 4.18. The van der Waals surface area contributed by atoms with E-state index in [1.807, 2.05) is 0 Å². The van der Waals surface area contributed by atoms with Crippen molar-refractivity contribution in [2.45, 2.75) is 31.6 Å². The number of rotatable bonds is 4. The van der Waals surface area contributed by atoms with Gasteiger partial charge in [0.2, 0.25) is 0 Å². The van der Waals surface area contributed by atoms with Crippen LogP contribution >= 0.6 is 0 Å². The Morgan fingerprint density at radius 2 is 2.12 bits per heavy atom. The molecule has 17 heavy (non-hydrogen) atoms. The number of aromatic nitrogens is 1. The number of halogens is 3. The zero-order valence-electron chi connectivity index (χ0n) is 9.24. The molecule has 1 aliphatic rings. The highest BCUT2D eigenvalue weighted by molar-refractivity contribution is 5.53. The van der Waals surface area contributed by atoms with E-state index in [2.05, 4.69) is 4.98 Å². The number of hydrogen-bond donors (Lipinski definition) is 1. The van der Waals surface area contributed by atoms with Gasteiger partial charge in [-0.3, -0.25) is 4.98 Å². The van der Waals surface area contributed by atoms with Crippen molar-refractivity contribution in [2.75, 3.05) is 11.4 Å². The summed E-state index contributed by atoms with van der Waals surface area (Å²) in [5, 5.41) is 0. The minimum Gasteiger partial charge on any atom is -0.358 e. The van der Waals surface area contributed by atoms with Crippen LogP contribution in [0.1, 0.15) is 18.4 Å². The Morgan fingerprint density at radius 3 is 2.65 bits per heavy atom. The van der Waals surface area contributed by atoms with Crippen LogP contribution in [0, 0.1) is 0 Å². The fraction of sp³-hybridized carbons (Fsp3) is 0.545. The number of alkyl halides is 3. The molecule has 1 heterocycles. The maximum absolute atomic E-state index is 12.5. The van der Waals surface area contributed by atoms with Crippen molar-refractivity contribution in [2.24, 2.45) is 5.73 Å². The van der Waals surface area contributed by atoms with Crippen molar-refractivity contribution in [1.82, 2.24) is 4.98 Å². The largest absolute Gasteiger partial charge is 0.405 e. The Balaban J connectivity index is 2.26. The topological polar surface area (TPSA) is 42.1 Å². The van der Waals surface area contributed by atoms with Crippen LogP contribution in [-0.2, 0) is 6.54 Å². The van der Waals surface area contributed by atoms with Crippen LogP contribution < -0.4 is 10.6 Å². The van der Waals surface area contributed by atoms with Gasteiger partial charge in [-0.15, -0.1) is 0 Å². The Bertz CT molecular complexity index is 388. The molecule has 0 bridgehead atoms. The van der Waals surface area contributed by atoms with Crippen LogP contribution in [0.4, 0.5) is 18.9 Å². The van der Waals surface area contributed by atoms with Crippen LogP contribution in [0.5, 0.6) is 0 Å². The average molecular weight is 245 g/mol. The molecule has 1 fully saturated rings. The standard InChI is InChI=1S/C11H14F3N3/c12-11(13,14)7-17(9-1-2-9)10-6-16-4-3-8(10)5-15/h3-4,6,9H,1-2,5,7,15H2. The molecule has 0 atom stereocenters. The van der Waals surface area contributed by atoms with E-state index in [0.29, 0.717) is 11.3 Å². The van der Waals surface area contributed by atoms with E-state index >= 15 is 0 Å². The molecule has 2 rings (SSSR count). The summed E-state index contributed by atoms with van der Waals surface area (Å²) in [5.74, 6) is 0. The van der Waals surface area contributed by atoms with E-state index in [-0.39, 0.29) is 12.6 Å². The SMILES string of the molecule is NCc1ccncc1N(CC(F)(F)F)C1CC1. The molecular formula is C11H14F3N3. The van der Waals surface area contributed by atoms with E-state index in [9.17, 15) is 13.2 Å². The smallest absolute Gasteiger partial charge is 0.358 e. The lowest BCUT2D eigenvalue weighted by molar-refractivity contribution is -0.120. The van der Waals surface area contributed by atoms with E-state index in [1.165, 1.54) is 11.1 Å². The maximum Gasteiger partial charge on any atom is 0.405 e. The van der Waals surface area contributed by atoms with Crippen molar-refractivity contribution in [1.29, 1.82) is 0 Å². The van der Waals surface area contributed by atoms with Crippen LogP contribution in [0.3, 0.4) is 0 Å². The molecule has 94 valence electrons. The lowest BCUT2D eigenvalue weighted by Gasteiger charge is -2.27. The van der Waals surface area contributed by atoms with Crippen molar-refractivity contribution < 1.29 is 13.2 Å². The monoisotopic (exact) mass is 245 g/mol. The lowest BCUT2D eigenvalue weighted by atomic mass is 10.2. The normalized spacial score (nSPS) is 16.0. The van der Waals surface area contributed by atoms with Gasteiger partial charge in [-0.05, 0) is 24.5 Å². The van der Waals surface area contributed by atoms with Crippen molar-refractivity contribution >= 4 is 5.69 Å². The molecule has 6 heteroatoms. The van der Waals surface area contributed by atoms with Crippen LogP contribution in [0.25, 0.3) is 0 Å². The van der Waals surface area contributed by atoms with E-state index in [1.54, 1.807) is 12.3 Å². The van der Waals surface area contributed by atoms with Gasteiger partial charge in [0.1, 0.15) is 6.54 Å². The Morgan fingerprint density at radius 1 is 1.41 bits per heavy atom. The molecule has 1 saturated carbocycles. The zero-order valence-corrected chi connectivity index (χ0v) is 9.24. The van der Waals surface area contributed by atoms with Gasteiger partial charge in [-0.2, -0.15) is 13.2 Å². The molecular weight excluding hydrogens is 231 g/mol. The summed E-state index contributed by atoms with van der Waals surface area (Å²) in [6.45, 7) is -0.713. The predicted octanol–water partition coefficient (Wildman–Crippen LogP) is 2.07. The number of anilines is 1. The number of hydrogen-bond acceptors (Lipinski definition) is 3. The van der Waals surface area contributed by atoms with Crippen molar-refractivity contribution in [3.05, 3.63) is 24.0 Å². The van der Waals surface area contributed by atoms with Gasteiger partial charge in [0, 0.05) is 18.8 Å². The molecule has 0 spiro atoms. The fourth-order valence-electron chi connectivity index (χ4n) is 1.84. The molecule has 0 amide bonds. The van der Waals surface area contributed by atoms with Crippen LogP contribution in [-0.4, -0.2) is 23.7 Å². The quantitative estimate of drug-likeness (QED) is 0.883. The molecule has 2 N–H and O–H groups in total. The zero-order chi connectivity index (χ0) is 12.5. The highest BCUT2D eigenvalue weighted by Gasteiger charge is 2.38. The third-order valence-electron chi connectivity index (χ3n) is 2.75. The third-order valence-corrected chi connectivity index (χ3v) is 2.75.